The third kappa shape index (κ3) is 29.8. The number of nitrogens with zero attached hydrogens (tertiary/aromatic N) is 2. The van der Waals surface area contributed by atoms with E-state index in [1.807, 2.05) is 36.1 Å². The molecular formula is C49H75ClN2S. The van der Waals surface area contributed by atoms with Gasteiger partial charge in [0.15, 0.2) is 0 Å². The Morgan fingerprint density at radius 2 is 0.925 bits per heavy atom. The van der Waals surface area contributed by atoms with Crippen molar-refractivity contribution in [3.05, 3.63) is 153 Å². The predicted octanol–water partition coefficient (Wildman–Crippen LogP) is 15.5. The Morgan fingerprint density at radius 3 is 1.32 bits per heavy atom. The number of aryl methyl sites for hydroxylation is 1. The van der Waals surface area contributed by atoms with Crippen molar-refractivity contribution < 1.29 is 0 Å². The van der Waals surface area contributed by atoms with Crippen molar-refractivity contribution in [1.82, 2.24) is 9.97 Å². The molecule has 0 fully saturated rings. The third-order valence-electron chi connectivity index (χ3n) is 7.28. The Bertz CT molecular complexity index is 1380. The summed E-state index contributed by atoms with van der Waals surface area (Å²) in [6.07, 6.45) is 9.51. The first-order chi connectivity index (χ1) is 24.2. The van der Waals surface area contributed by atoms with Crippen LogP contribution in [0.15, 0.2) is 114 Å². The van der Waals surface area contributed by atoms with Crippen LogP contribution in [0, 0.1) is 36.5 Å². The maximum absolute atomic E-state index is 5.75. The Hall–Kier alpha value is -3.27. The van der Waals surface area contributed by atoms with Gasteiger partial charge < -0.3 is 0 Å². The highest BCUT2D eigenvalue weighted by molar-refractivity contribution is 7.07. The van der Waals surface area contributed by atoms with Crippen molar-refractivity contribution in [3.8, 4) is 0 Å². The zero-order chi connectivity index (χ0) is 38.0. The van der Waals surface area contributed by atoms with Gasteiger partial charge in [-0.25, -0.2) is 4.98 Å². The molecule has 0 saturated carbocycles. The number of thiazole rings is 1. The first-order valence-electron chi connectivity index (χ1n) is 18.8. The average Bonchev–Trinajstić information content (AvgIpc) is 3.57. The summed E-state index contributed by atoms with van der Waals surface area (Å²) in [7, 11) is 0. The van der Waals surface area contributed by atoms with Gasteiger partial charge in [0.1, 0.15) is 0 Å². The molecule has 53 heavy (non-hydrogen) atoms. The molecule has 3 aromatic carbocycles. The van der Waals surface area contributed by atoms with Crippen LogP contribution in [-0.2, 0) is 32.1 Å². The van der Waals surface area contributed by atoms with E-state index in [2.05, 4.69) is 164 Å². The van der Waals surface area contributed by atoms with Crippen LogP contribution in [0.3, 0.4) is 0 Å². The molecule has 0 saturated heterocycles. The monoisotopic (exact) mass is 759 g/mol. The second kappa shape index (κ2) is 31.1. The number of hydrogen-bond donors (Lipinski definition) is 0. The highest BCUT2D eigenvalue weighted by Crippen LogP contribution is 2.13. The van der Waals surface area contributed by atoms with Crippen LogP contribution in [0.4, 0.5) is 0 Å². The second-order valence-corrected chi connectivity index (χ2v) is 16.6. The summed E-state index contributed by atoms with van der Waals surface area (Å²) in [6.45, 7) is 24.4. The fourth-order valence-electron chi connectivity index (χ4n) is 5.12. The highest BCUT2D eigenvalue weighted by Gasteiger charge is 1.99. The van der Waals surface area contributed by atoms with Gasteiger partial charge >= 0.3 is 0 Å². The quantitative estimate of drug-likeness (QED) is 0.142. The molecule has 2 heterocycles. The number of hydrogen-bond acceptors (Lipinski definition) is 3. The van der Waals surface area contributed by atoms with Gasteiger partial charge in [0, 0.05) is 22.8 Å². The lowest BCUT2D eigenvalue weighted by molar-refractivity contribution is 0.638. The molecular weight excluding hydrogens is 684 g/mol. The first-order valence-corrected chi connectivity index (χ1v) is 20.1. The maximum Gasteiger partial charge on any atom is 0.0794 e. The highest BCUT2D eigenvalue weighted by atomic mass is 35.5. The van der Waals surface area contributed by atoms with E-state index in [-0.39, 0.29) is 14.9 Å². The smallest absolute Gasteiger partial charge is 0.0794 e. The number of benzene rings is 3. The average molecular weight is 760 g/mol. The Labute approximate surface area is 336 Å². The molecule has 2 nitrogen and oxygen atoms in total. The predicted molar refractivity (Wildman–Crippen MR) is 242 cm³/mol. The van der Waals surface area contributed by atoms with Crippen molar-refractivity contribution in [2.45, 2.75) is 123 Å². The molecule has 0 aliphatic rings. The Morgan fingerprint density at radius 1 is 0.509 bits per heavy atom. The van der Waals surface area contributed by atoms with E-state index in [9.17, 15) is 0 Å². The van der Waals surface area contributed by atoms with Crippen LogP contribution in [0.5, 0.6) is 0 Å². The first kappa shape index (κ1) is 51.8. The minimum absolute atomic E-state index is 0. The van der Waals surface area contributed by atoms with Gasteiger partial charge in [-0.05, 0) is 109 Å². The lowest BCUT2D eigenvalue weighted by Gasteiger charge is -2.04. The standard InChI is InChI=1S/C11H16.C10H13Cl.C10H14.C9H13N.C7H11NS.2CH4/c1-9(2)8-11-6-4-10(3)5-7-11;1-8(2)7-9-3-5-10(11)6-4-9;1-9(2)8-10-6-4-3-5-7-10;1-8(2)6-9-4-3-5-10-7-9;1-6(2)3-7-4-9-5-8-7;;/h4-7,9H,8H2,1-3H3;3-6,8H,7H2,1-2H3;3-7,9H,8H2,1-2H3;3-5,7-8H,6H2,1-2H3;4-6H,3H2,1-2H3;2*1H4. The van der Waals surface area contributed by atoms with E-state index >= 15 is 0 Å². The summed E-state index contributed by atoms with van der Waals surface area (Å²) in [5, 5.41) is 2.93. The minimum Gasteiger partial charge on any atom is -0.264 e. The van der Waals surface area contributed by atoms with E-state index in [1.165, 1.54) is 46.4 Å². The summed E-state index contributed by atoms with van der Waals surface area (Å²) >= 11 is 7.42. The van der Waals surface area contributed by atoms with Gasteiger partial charge in [-0.1, -0.05) is 174 Å². The largest absolute Gasteiger partial charge is 0.264 e. The summed E-state index contributed by atoms with van der Waals surface area (Å²) in [4.78, 5) is 8.21. The molecule has 2 aromatic heterocycles. The van der Waals surface area contributed by atoms with Crippen molar-refractivity contribution in [1.29, 1.82) is 0 Å². The lowest BCUT2D eigenvalue weighted by atomic mass is 10.0. The van der Waals surface area contributed by atoms with Gasteiger partial charge in [0.05, 0.1) is 11.2 Å². The minimum atomic E-state index is 0. The molecule has 0 unspecified atom stereocenters. The fourth-order valence-corrected chi connectivity index (χ4v) is 5.82. The molecule has 0 N–H and O–H groups in total. The molecule has 0 bridgehead atoms. The summed E-state index contributed by atoms with van der Waals surface area (Å²) < 4.78 is 0. The zero-order valence-corrected chi connectivity index (χ0v) is 35.1. The van der Waals surface area contributed by atoms with Crippen LogP contribution >= 0.6 is 22.9 Å². The number of halogens is 1. The fraction of sp³-hybridized carbons (Fsp3) is 0.469. The van der Waals surface area contributed by atoms with E-state index in [1.54, 1.807) is 11.3 Å². The Balaban J connectivity index is 0. The van der Waals surface area contributed by atoms with Crippen LogP contribution in [-0.4, -0.2) is 9.97 Å². The van der Waals surface area contributed by atoms with E-state index in [0.717, 1.165) is 53.9 Å². The lowest BCUT2D eigenvalue weighted by Crippen LogP contribution is -1.93. The normalized spacial score (nSPS) is 10.1. The molecule has 4 heteroatoms. The SMILES string of the molecule is C.C.CC(C)Cc1ccc(Cl)cc1.CC(C)Cc1ccccc1.CC(C)Cc1cccnc1.CC(C)Cc1cscn1.Cc1ccc(CC(C)C)cc1. The van der Waals surface area contributed by atoms with Crippen molar-refractivity contribution >= 4 is 22.9 Å². The van der Waals surface area contributed by atoms with Crippen LogP contribution in [0.1, 0.15) is 118 Å². The summed E-state index contributed by atoms with van der Waals surface area (Å²) in [5.74, 6) is 3.70. The van der Waals surface area contributed by atoms with Crippen molar-refractivity contribution in [2.75, 3.05) is 0 Å². The van der Waals surface area contributed by atoms with Crippen LogP contribution in [0.25, 0.3) is 0 Å². The molecule has 5 aromatic rings. The molecule has 0 aliphatic heterocycles. The summed E-state index contributed by atoms with van der Waals surface area (Å²) in [5.41, 5.74) is 10.1. The van der Waals surface area contributed by atoms with E-state index < -0.39 is 0 Å². The van der Waals surface area contributed by atoms with Gasteiger partial charge in [-0.15, -0.1) is 11.3 Å². The molecule has 294 valence electrons. The van der Waals surface area contributed by atoms with Crippen LogP contribution in [0.2, 0.25) is 5.02 Å². The van der Waals surface area contributed by atoms with Gasteiger partial charge in [-0.3, -0.25) is 4.98 Å². The molecule has 0 atom stereocenters. The zero-order valence-electron chi connectivity index (χ0n) is 33.6. The van der Waals surface area contributed by atoms with Crippen molar-refractivity contribution in [3.63, 3.8) is 0 Å². The maximum atomic E-state index is 5.75. The molecule has 0 radical (unpaired) electrons. The van der Waals surface area contributed by atoms with E-state index in [0.29, 0.717) is 0 Å². The molecule has 0 spiro atoms. The van der Waals surface area contributed by atoms with Gasteiger partial charge in [-0.2, -0.15) is 0 Å². The number of rotatable bonds is 10. The molecule has 5 rings (SSSR count). The summed E-state index contributed by atoms with van der Waals surface area (Å²) in [6, 6.07) is 31.6. The molecule has 0 amide bonds. The Kier molecular flexibility index (Phi) is 30.4. The van der Waals surface area contributed by atoms with Gasteiger partial charge in [0.2, 0.25) is 0 Å². The van der Waals surface area contributed by atoms with E-state index in [4.69, 9.17) is 11.6 Å². The van der Waals surface area contributed by atoms with Gasteiger partial charge in [0.25, 0.3) is 0 Å². The molecule has 0 aliphatic carbocycles. The second-order valence-electron chi connectivity index (χ2n) is 15.4. The number of pyridine rings is 1. The third-order valence-corrected chi connectivity index (χ3v) is 8.16. The topological polar surface area (TPSA) is 25.8 Å². The number of aromatic nitrogens is 2. The van der Waals surface area contributed by atoms with Crippen molar-refractivity contribution in [2.24, 2.45) is 29.6 Å². The van der Waals surface area contributed by atoms with Crippen LogP contribution < -0.4 is 0 Å².